The Bertz CT molecular complexity index is 697. The molecule has 21 heavy (non-hydrogen) atoms. The predicted molar refractivity (Wildman–Crippen MR) is 83.8 cm³/mol. The van der Waals surface area contributed by atoms with E-state index in [9.17, 15) is 0 Å². The van der Waals surface area contributed by atoms with E-state index >= 15 is 0 Å². The summed E-state index contributed by atoms with van der Waals surface area (Å²) in [4.78, 5) is 15.3. The zero-order valence-electron chi connectivity index (χ0n) is 12.0. The molecule has 108 valence electrons. The van der Waals surface area contributed by atoms with Crippen molar-refractivity contribution in [1.82, 2.24) is 19.9 Å². The van der Waals surface area contributed by atoms with Crippen molar-refractivity contribution < 1.29 is 0 Å². The van der Waals surface area contributed by atoms with Crippen molar-refractivity contribution >= 4 is 22.8 Å². The highest BCUT2D eigenvalue weighted by molar-refractivity contribution is 5.87. The number of hydrogen-bond donors (Lipinski definition) is 2. The highest BCUT2D eigenvalue weighted by Gasteiger charge is 2.18. The van der Waals surface area contributed by atoms with Crippen molar-refractivity contribution in [3.8, 4) is 12.3 Å². The maximum atomic E-state index is 6.00. The van der Waals surface area contributed by atoms with Crippen LogP contribution in [0.1, 0.15) is 18.4 Å². The van der Waals surface area contributed by atoms with Crippen LogP contribution in [0, 0.1) is 12.3 Å². The number of likely N-dealkylation sites (tertiary alicyclic amines) is 1. The molecule has 0 radical (unpaired) electrons. The van der Waals surface area contributed by atoms with Crippen LogP contribution in [-0.2, 0) is 0 Å². The normalized spacial score (nSPS) is 16.8. The highest BCUT2D eigenvalue weighted by atomic mass is 15.2. The monoisotopic (exact) mass is 282 g/mol. The van der Waals surface area contributed by atoms with E-state index in [1.165, 1.54) is 0 Å². The molecule has 0 aliphatic carbocycles. The highest BCUT2D eigenvalue weighted by Crippen LogP contribution is 2.20. The smallest absolute Gasteiger partial charge is 0.226 e. The van der Waals surface area contributed by atoms with Gasteiger partial charge in [-0.3, -0.25) is 0 Å². The third-order valence-electron chi connectivity index (χ3n) is 3.80. The Morgan fingerprint density at radius 2 is 2.14 bits per heavy atom. The van der Waals surface area contributed by atoms with Gasteiger partial charge in [0.2, 0.25) is 5.95 Å². The third kappa shape index (κ3) is 2.88. The third-order valence-corrected chi connectivity index (χ3v) is 3.80. The molecule has 0 atom stereocenters. The van der Waals surface area contributed by atoms with E-state index in [-0.39, 0.29) is 0 Å². The number of nitrogens with one attached hydrogen (secondary N) is 1. The molecule has 6 heteroatoms. The van der Waals surface area contributed by atoms with Gasteiger partial charge in [-0.25, -0.2) is 4.98 Å². The molecule has 2 aromatic rings. The molecular formula is C15H18N6. The van der Waals surface area contributed by atoms with Crippen molar-refractivity contribution in [3.63, 3.8) is 0 Å². The zero-order chi connectivity index (χ0) is 14.8. The van der Waals surface area contributed by atoms with Crippen LogP contribution in [-0.4, -0.2) is 46.0 Å². The molecular weight excluding hydrogens is 264 g/mol. The lowest BCUT2D eigenvalue weighted by molar-refractivity contribution is 0.263. The van der Waals surface area contributed by atoms with Crippen molar-refractivity contribution in [2.24, 2.45) is 0 Å². The number of aromatic nitrogens is 3. The van der Waals surface area contributed by atoms with Gasteiger partial charge in [-0.2, -0.15) is 9.97 Å². The minimum Gasteiger partial charge on any atom is -0.383 e. The topological polar surface area (TPSA) is 80.0 Å². The van der Waals surface area contributed by atoms with Crippen LogP contribution in [0.15, 0.2) is 12.3 Å². The maximum Gasteiger partial charge on any atom is 0.226 e. The molecule has 1 fully saturated rings. The lowest BCUT2D eigenvalue weighted by Crippen LogP contribution is -2.37. The van der Waals surface area contributed by atoms with E-state index in [2.05, 4.69) is 38.1 Å². The lowest BCUT2D eigenvalue weighted by atomic mass is 10.1. The Hall–Kier alpha value is -2.39. The first-order valence-corrected chi connectivity index (χ1v) is 7.00. The first kappa shape index (κ1) is 13.6. The number of hydrogen-bond acceptors (Lipinski definition) is 6. The average Bonchev–Trinajstić information content (AvgIpc) is 2.49. The second-order valence-corrected chi connectivity index (χ2v) is 5.39. The van der Waals surface area contributed by atoms with Crippen LogP contribution in [0.3, 0.4) is 0 Å². The molecule has 3 rings (SSSR count). The standard InChI is InChI=1S/C15H18N6/c1-3-10-8-12-13(16)19-15(20-14(12)17-9-10)18-11-4-6-21(2)7-5-11/h1,8-9,11H,4-7H2,2H3,(H3,16,17,18,19,20). The maximum absolute atomic E-state index is 6.00. The summed E-state index contributed by atoms with van der Waals surface area (Å²) in [5.41, 5.74) is 7.24. The Morgan fingerprint density at radius 1 is 1.38 bits per heavy atom. The van der Waals surface area contributed by atoms with E-state index in [4.69, 9.17) is 12.2 Å². The predicted octanol–water partition coefficient (Wildman–Crippen LogP) is 1.09. The molecule has 0 amide bonds. The molecule has 3 heterocycles. The fraction of sp³-hybridized carbons (Fsp3) is 0.400. The summed E-state index contributed by atoms with van der Waals surface area (Å²) in [6.07, 6.45) is 9.13. The lowest BCUT2D eigenvalue weighted by Gasteiger charge is -2.29. The summed E-state index contributed by atoms with van der Waals surface area (Å²) in [7, 11) is 2.13. The molecule has 0 saturated carbocycles. The fourth-order valence-corrected chi connectivity index (χ4v) is 2.51. The molecule has 1 aliphatic rings. The largest absolute Gasteiger partial charge is 0.383 e. The van der Waals surface area contributed by atoms with Crippen molar-refractivity contribution in [1.29, 1.82) is 0 Å². The van der Waals surface area contributed by atoms with Crippen molar-refractivity contribution in [2.45, 2.75) is 18.9 Å². The summed E-state index contributed by atoms with van der Waals surface area (Å²) in [6, 6.07) is 2.17. The van der Waals surface area contributed by atoms with Crippen LogP contribution >= 0.6 is 0 Å². The second-order valence-electron chi connectivity index (χ2n) is 5.39. The molecule has 0 spiro atoms. The Balaban J connectivity index is 1.85. The average molecular weight is 282 g/mol. The number of nitrogens with two attached hydrogens (primary N) is 1. The Kier molecular flexibility index (Phi) is 3.59. The number of rotatable bonds is 2. The van der Waals surface area contributed by atoms with Crippen LogP contribution < -0.4 is 11.1 Å². The van der Waals surface area contributed by atoms with Gasteiger partial charge in [0.05, 0.1) is 5.39 Å². The Labute approximate surface area is 123 Å². The SMILES string of the molecule is C#Cc1cnc2nc(NC3CCN(C)CC3)nc(N)c2c1. The summed E-state index contributed by atoms with van der Waals surface area (Å²) in [6.45, 7) is 2.15. The number of nitrogens with zero attached hydrogens (tertiary/aromatic N) is 4. The first-order chi connectivity index (χ1) is 10.2. The van der Waals surface area contributed by atoms with Crippen molar-refractivity contribution in [3.05, 3.63) is 17.8 Å². The number of pyridine rings is 1. The molecule has 6 nitrogen and oxygen atoms in total. The number of nitrogen functional groups attached to an aromatic ring is 1. The van der Waals surface area contributed by atoms with Crippen LogP contribution in [0.2, 0.25) is 0 Å². The van der Waals surface area contributed by atoms with Gasteiger partial charge in [-0.1, -0.05) is 5.92 Å². The van der Waals surface area contributed by atoms with Gasteiger partial charge >= 0.3 is 0 Å². The van der Waals surface area contributed by atoms with Crippen LogP contribution in [0.4, 0.5) is 11.8 Å². The van der Waals surface area contributed by atoms with Gasteiger partial charge < -0.3 is 16.0 Å². The van der Waals surface area contributed by atoms with Gasteiger partial charge in [-0.05, 0) is 39.0 Å². The van der Waals surface area contributed by atoms with Gasteiger partial charge in [0.25, 0.3) is 0 Å². The van der Waals surface area contributed by atoms with Gasteiger partial charge in [-0.15, -0.1) is 6.42 Å². The molecule has 0 aromatic carbocycles. The van der Waals surface area contributed by atoms with Gasteiger partial charge in [0.15, 0.2) is 5.65 Å². The van der Waals surface area contributed by atoms with Crippen molar-refractivity contribution in [2.75, 3.05) is 31.2 Å². The summed E-state index contributed by atoms with van der Waals surface area (Å²) in [5, 5.41) is 4.05. The number of anilines is 2. The molecule has 0 bridgehead atoms. The minimum atomic E-state index is 0.378. The van der Waals surface area contributed by atoms with E-state index in [1.54, 1.807) is 12.3 Å². The first-order valence-electron chi connectivity index (χ1n) is 7.00. The zero-order valence-corrected chi connectivity index (χ0v) is 12.0. The fourth-order valence-electron chi connectivity index (χ4n) is 2.51. The van der Waals surface area contributed by atoms with E-state index in [1.807, 2.05) is 0 Å². The number of terminal acetylenes is 1. The molecule has 3 N–H and O–H groups in total. The second kappa shape index (κ2) is 5.54. The minimum absolute atomic E-state index is 0.378. The van der Waals surface area contributed by atoms with Crippen LogP contribution in [0.25, 0.3) is 11.0 Å². The van der Waals surface area contributed by atoms with Gasteiger partial charge in [0.1, 0.15) is 5.82 Å². The Morgan fingerprint density at radius 3 is 2.86 bits per heavy atom. The molecule has 1 aliphatic heterocycles. The molecule has 2 aromatic heterocycles. The van der Waals surface area contributed by atoms with Crippen LogP contribution in [0.5, 0.6) is 0 Å². The molecule has 1 saturated heterocycles. The van der Waals surface area contributed by atoms with E-state index in [0.29, 0.717) is 34.4 Å². The molecule has 0 unspecified atom stereocenters. The number of fused-ring (bicyclic) bond motifs is 1. The number of piperidine rings is 1. The summed E-state index contributed by atoms with van der Waals surface area (Å²) in [5.74, 6) is 3.48. The van der Waals surface area contributed by atoms with Gasteiger partial charge in [0, 0.05) is 17.8 Å². The van der Waals surface area contributed by atoms with E-state index < -0.39 is 0 Å². The summed E-state index contributed by atoms with van der Waals surface area (Å²) < 4.78 is 0. The summed E-state index contributed by atoms with van der Waals surface area (Å²) >= 11 is 0. The quantitative estimate of drug-likeness (QED) is 0.803. The van der Waals surface area contributed by atoms with E-state index in [0.717, 1.165) is 25.9 Å².